The van der Waals surface area contributed by atoms with Crippen LogP contribution in [0.1, 0.15) is 5.56 Å². The molecule has 2 aromatic rings. The van der Waals surface area contributed by atoms with Gasteiger partial charge in [-0.3, -0.25) is 25.1 Å². The van der Waals surface area contributed by atoms with Crippen molar-refractivity contribution in [2.75, 3.05) is 0 Å². The molecule has 0 saturated carbocycles. The van der Waals surface area contributed by atoms with Crippen LogP contribution in [0.15, 0.2) is 57.9 Å². The molecule has 1 unspecified atom stereocenters. The van der Waals surface area contributed by atoms with Crippen molar-refractivity contribution in [3.63, 3.8) is 0 Å². The maximum absolute atomic E-state index is 12.5. The van der Waals surface area contributed by atoms with Gasteiger partial charge in [-0.05, 0) is 17.7 Å². The number of benzene rings is 2. The zero-order valence-electron chi connectivity index (χ0n) is 12.7. The van der Waals surface area contributed by atoms with E-state index in [-0.39, 0.29) is 17.1 Å². The first-order valence-electron chi connectivity index (χ1n) is 7.22. The van der Waals surface area contributed by atoms with Crippen LogP contribution < -0.4 is 5.43 Å². The number of nitro benzene ring substituents is 1. The molecule has 1 aliphatic rings. The summed E-state index contributed by atoms with van der Waals surface area (Å²) < 4.78 is 0.632. The Hall–Kier alpha value is -2.39. The second-order valence-electron chi connectivity index (χ2n) is 5.25. The molecular weight excluding hydrogens is 410 g/mol. The Morgan fingerprint density at radius 1 is 1.20 bits per heavy atom. The second-order valence-corrected chi connectivity index (χ2v) is 7.32. The number of carbonyl (C=O) groups is 2. The minimum absolute atomic E-state index is 0.143. The SMILES string of the molecule is O=C1NN(Cc2ccccc2)C(=O)C1Sc1cc(Br)ccc1[N+](=O)[O-]. The molecule has 0 radical (unpaired) electrons. The molecule has 9 heteroatoms. The number of nitro groups is 1. The summed E-state index contributed by atoms with van der Waals surface area (Å²) in [7, 11) is 0. The molecule has 1 heterocycles. The van der Waals surface area contributed by atoms with Gasteiger partial charge in [0.25, 0.3) is 17.5 Å². The summed E-state index contributed by atoms with van der Waals surface area (Å²) in [6.45, 7) is 0.239. The highest BCUT2D eigenvalue weighted by molar-refractivity contribution is 9.10. The van der Waals surface area contributed by atoms with E-state index in [1.807, 2.05) is 30.3 Å². The van der Waals surface area contributed by atoms with Gasteiger partial charge in [0, 0.05) is 10.5 Å². The van der Waals surface area contributed by atoms with Gasteiger partial charge in [0.15, 0.2) is 5.25 Å². The number of nitrogens with zero attached hydrogens (tertiary/aromatic N) is 2. The fourth-order valence-corrected chi connectivity index (χ4v) is 3.96. The van der Waals surface area contributed by atoms with E-state index in [1.54, 1.807) is 6.07 Å². The summed E-state index contributed by atoms with van der Waals surface area (Å²) >= 11 is 4.13. The van der Waals surface area contributed by atoms with E-state index in [0.717, 1.165) is 17.3 Å². The quantitative estimate of drug-likeness (QED) is 0.455. The monoisotopic (exact) mass is 421 g/mol. The zero-order chi connectivity index (χ0) is 18.0. The van der Waals surface area contributed by atoms with Crippen LogP contribution in [0.3, 0.4) is 0 Å². The number of thioether (sulfide) groups is 1. The molecule has 128 valence electrons. The molecule has 0 aromatic heterocycles. The largest absolute Gasteiger partial charge is 0.282 e. The summed E-state index contributed by atoms with van der Waals surface area (Å²) in [5, 5.41) is 11.3. The molecule has 1 N–H and O–H groups in total. The number of hydrazine groups is 1. The van der Waals surface area contributed by atoms with Gasteiger partial charge < -0.3 is 0 Å². The van der Waals surface area contributed by atoms with Crippen molar-refractivity contribution >= 4 is 45.2 Å². The lowest BCUT2D eigenvalue weighted by Crippen LogP contribution is -2.35. The maximum Gasteiger partial charge on any atom is 0.282 e. The Morgan fingerprint density at radius 2 is 1.92 bits per heavy atom. The molecule has 2 aromatic carbocycles. The summed E-state index contributed by atoms with van der Waals surface area (Å²) in [6.07, 6.45) is 0. The smallest absolute Gasteiger partial charge is 0.271 e. The third-order valence-electron chi connectivity index (χ3n) is 3.52. The number of rotatable bonds is 5. The van der Waals surface area contributed by atoms with Gasteiger partial charge in [-0.2, -0.15) is 0 Å². The molecule has 3 rings (SSSR count). The van der Waals surface area contributed by atoms with E-state index in [1.165, 1.54) is 17.1 Å². The zero-order valence-corrected chi connectivity index (χ0v) is 15.1. The average Bonchev–Trinajstić information content (AvgIpc) is 2.83. The fraction of sp³-hybridized carbons (Fsp3) is 0.125. The number of amides is 2. The average molecular weight is 422 g/mol. The highest BCUT2D eigenvalue weighted by Gasteiger charge is 2.41. The van der Waals surface area contributed by atoms with Gasteiger partial charge in [-0.15, -0.1) is 0 Å². The molecule has 1 aliphatic heterocycles. The van der Waals surface area contributed by atoms with Crippen LogP contribution >= 0.6 is 27.7 Å². The van der Waals surface area contributed by atoms with Gasteiger partial charge in [0.1, 0.15) is 0 Å². The van der Waals surface area contributed by atoms with Crippen molar-refractivity contribution in [3.8, 4) is 0 Å². The maximum atomic E-state index is 12.5. The Balaban J connectivity index is 1.80. The number of nitrogens with one attached hydrogen (secondary N) is 1. The van der Waals surface area contributed by atoms with E-state index in [9.17, 15) is 19.7 Å². The highest BCUT2D eigenvalue weighted by Crippen LogP contribution is 2.36. The Morgan fingerprint density at radius 3 is 2.60 bits per heavy atom. The number of hydrogen-bond donors (Lipinski definition) is 1. The van der Waals surface area contributed by atoms with Crippen molar-refractivity contribution in [2.24, 2.45) is 0 Å². The number of halogens is 1. The van der Waals surface area contributed by atoms with Crippen LogP contribution in [0.2, 0.25) is 0 Å². The Labute approximate surface area is 155 Å². The number of carbonyl (C=O) groups excluding carboxylic acids is 2. The summed E-state index contributed by atoms with van der Waals surface area (Å²) in [4.78, 5) is 35.6. The molecule has 0 spiro atoms. The van der Waals surface area contributed by atoms with Crippen molar-refractivity contribution in [1.82, 2.24) is 10.4 Å². The van der Waals surface area contributed by atoms with E-state index in [4.69, 9.17) is 0 Å². The van der Waals surface area contributed by atoms with Gasteiger partial charge in [0.2, 0.25) is 0 Å². The van der Waals surface area contributed by atoms with Gasteiger partial charge in [0.05, 0.1) is 16.4 Å². The topological polar surface area (TPSA) is 92.6 Å². The minimum atomic E-state index is -1.06. The molecule has 7 nitrogen and oxygen atoms in total. The van der Waals surface area contributed by atoms with Crippen LogP contribution in [0.5, 0.6) is 0 Å². The van der Waals surface area contributed by atoms with E-state index >= 15 is 0 Å². The Bertz CT molecular complexity index is 847. The lowest BCUT2D eigenvalue weighted by Gasteiger charge is -2.15. The molecule has 0 bridgehead atoms. The van der Waals surface area contributed by atoms with E-state index in [0.29, 0.717) is 4.47 Å². The normalized spacial score (nSPS) is 16.8. The predicted molar refractivity (Wildman–Crippen MR) is 95.6 cm³/mol. The third kappa shape index (κ3) is 3.83. The van der Waals surface area contributed by atoms with E-state index < -0.39 is 22.0 Å². The summed E-state index contributed by atoms with van der Waals surface area (Å²) in [5.74, 6) is -0.909. The molecule has 1 fully saturated rings. The molecule has 1 atom stereocenters. The third-order valence-corrected chi connectivity index (χ3v) is 5.25. The van der Waals surface area contributed by atoms with Crippen LogP contribution in [0.4, 0.5) is 5.69 Å². The van der Waals surface area contributed by atoms with Gasteiger partial charge in [-0.1, -0.05) is 58.0 Å². The fourth-order valence-electron chi connectivity index (χ4n) is 2.35. The lowest BCUT2D eigenvalue weighted by atomic mass is 10.2. The van der Waals surface area contributed by atoms with E-state index in [2.05, 4.69) is 21.4 Å². The summed E-state index contributed by atoms with van der Waals surface area (Å²) in [6, 6.07) is 13.6. The van der Waals surface area contributed by atoms with Gasteiger partial charge >= 0.3 is 0 Å². The molecule has 0 aliphatic carbocycles. The van der Waals surface area contributed by atoms with Crippen LogP contribution in [0.25, 0.3) is 0 Å². The Kier molecular flexibility index (Phi) is 5.05. The second kappa shape index (κ2) is 7.24. The molecular formula is C16H12BrN3O4S. The van der Waals surface area contributed by atoms with Crippen LogP contribution in [0, 0.1) is 10.1 Å². The standard InChI is InChI=1S/C16H12BrN3O4S/c17-11-6-7-12(20(23)24)13(8-11)25-14-15(21)18-19(16(14)22)9-10-4-2-1-3-5-10/h1-8,14H,9H2,(H,18,21). The van der Waals surface area contributed by atoms with Crippen LogP contribution in [-0.2, 0) is 16.1 Å². The summed E-state index contributed by atoms with van der Waals surface area (Å²) in [5.41, 5.74) is 3.26. The molecule has 1 saturated heterocycles. The predicted octanol–water partition coefficient (Wildman–Crippen LogP) is 2.89. The molecule has 25 heavy (non-hydrogen) atoms. The van der Waals surface area contributed by atoms with Crippen LogP contribution in [-0.4, -0.2) is 27.0 Å². The first-order valence-corrected chi connectivity index (χ1v) is 8.89. The first-order chi connectivity index (χ1) is 12.0. The van der Waals surface area contributed by atoms with Crippen molar-refractivity contribution in [3.05, 3.63) is 68.7 Å². The van der Waals surface area contributed by atoms with Gasteiger partial charge in [-0.25, -0.2) is 5.01 Å². The molecule has 2 amide bonds. The van der Waals surface area contributed by atoms with Crippen molar-refractivity contribution in [2.45, 2.75) is 16.7 Å². The van der Waals surface area contributed by atoms with Crippen molar-refractivity contribution in [1.29, 1.82) is 0 Å². The number of hydrogen-bond acceptors (Lipinski definition) is 5. The van der Waals surface area contributed by atoms with Crippen molar-refractivity contribution < 1.29 is 14.5 Å². The minimum Gasteiger partial charge on any atom is -0.271 e. The lowest BCUT2D eigenvalue weighted by molar-refractivity contribution is -0.387. The first kappa shape index (κ1) is 17.4. The highest BCUT2D eigenvalue weighted by atomic mass is 79.9.